The number of anilines is 1. The maximum atomic E-state index is 11.9. The minimum atomic E-state index is -0.876. The Bertz CT molecular complexity index is 761. The molecule has 0 spiro atoms. The predicted molar refractivity (Wildman–Crippen MR) is 104 cm³/mol. The molecule has 0 aromatic carbocycles. The van der Waals surface area contributed by atoms with Crippen LogP contribution in [0.1, 0.15) is 52.1 Å². The Hall–Kier alpha value is -2.64. The van der Waals surface area contributed by atoms with Gasteiger partial charge in [0.15, 0.2) is 0 Å². The molecule has 2 aliphatic heterocycles. The van der Waals surface area contributed by atoms with Gasteiger partial charge >= 0.3 is 6.09 Å². The van der Waals surface area contributed by atoms with Crippen LogP contribution in [0.2, 0.25) is 0 Å². The number of imide groups is 1. The van der Waals surface area contributed by atoms with Gasteiger partial charge in [-0.15, -0.1) is 0 Å². The first-order valence-electron chi connectivity index (χ1n) is 9.67. The van der Waals surface area contributed by atoms with Gasteiger partial charge in [-0.3, -0.25) is 19.9 Å². The molecule has 0 aliphatic carbocycles. The van der Waals surface area contributed by atoms with Crippen LogP contribution in [0.3, 0.4) is 0 Å². The first-order valence-corrected chi connectivity index (χ1v) is 9.67. The fraction of sp³-hybridized carbons (Fsp3) is 0.600. The standard InChI is InChI=1S/C20H28N4O4/c1-19(2,3)20(8-10-24(11-9-20)18(27)28)15-6-4-13(12-21-15)22-14-5-7-16(25)23-17(14)26/h4,6,12,14,22H,5,7-11H2,1-3H3,(H,27,28)(H,23,25,26). The van der Waals surface area contributed by atoms with E-state index in [-0.39, 0.29) is 22.6 Å². The monoisotopic (exact) mass is 388 g/mol. The van der Waals surface area contributed by atoms with Crippen molar-refractivity contribution >= 4 is 23.6 Å². The van der Waals surface area contributed by atoms with Crippen LogP contribution in [0.5, 0.6) is 0 Å². The van der Waals surface area contributed by atoms with Crippen LogP contribution in [0, 0.1) is 5.41 Å². The van der Waals surface area contributed by atoms with Gasteiger partial charge in [0, 0.05) is 30.6 Å². The zero-order chi connectivity index (χ0) is 20.5. The summed E-state index contributed by atoms with van der Waals surface area (Å²) in [5.74, 6) is -0.552. The second-order valence-corrected chi connectivity index (χ2v) is 8.68. The van der Waals surface area contributed by atoms with E-state index in [1.54, 1.807) is 6.20 Å². The lowest BCUT2D eigenvalue weighted by Gasteiger charge is -2.49. The van der Waals surface area contributed by atoms with Crippen molar-refractivity contribution in [3.63, 3.8) is 0 Å². The molecule has 1 aromatic heterocycles. The number of nitrogens with zero attached hydrogens (tertiary/aromatic N) is 2. The smallest absolute Gasteiger partial charge is 0.407 e. The van der Waals surface area contributed by atoms with Crippen molar-refractivity contribution in [1.29, 1.82) is 0 Å². The van der Waals surface area contributed by atoms with E-state index < -0.39 is 12.1 Å². The highest BCUT2D eigenvalue weighted by Gasteiger charge is 2.47. The quantitative estimate of drug-likeness (QED) is 0.686. The summed E-state index contributed by atoms with van der Waals surface area (Å²) in [6.07, 6.45) is 3.06. The average Bonchev–Trinajstić information content (AvgIpc) is 2.64. The van der Waals surface area contributed by atoms with Gasteiger partial charge in [-0.05, 0) is 36.8 Å². The summed E-state index contributed by atoms with van der Waals surface area (Å²) in [6, 6.07) is 3.43. The molecule has 152 valence electrons. The Morgan fingerprint density at radius 1 is 1.29 bits per heavy atom. The molecule has 1 atom stereocenters. The fourth-order valence-electron chi connectivity index (χ4n) is 4.26. The van der Waals surface area contributed by atoms with Gasteiger partial charge in [-0.1, -0.05) is 20.8 Å². The van der Waals surface area contributed by atoms with Crippen LogP contribution in [0.15, 0.2) is 18.3 Å². The Morgan fingerprint density at radius 2 is 1.96 bits per heavy atom. The lowest BCUT2D eigenvalue weighted by molar-refractivity contribution is -0.133. The van der Waals surface area contributed by atoms with Crippen LogP contribution >= 0.6 is 0 Å². The lowest BCUT2D eigenvalue weighted by Crippen LogP contribution is -2.51. The van der Waals surface area contributed by atoms with E-state index in [4.69, 9.17) is 0 Å². The van der Waals surface area contributed by atoms with Gasteiger partial charge in [-0.2, -0.15) is 0 Å². The van der Waals surface area contributed by atoms with Crippen LogP contribution in [-0.4, -0.2) is 52.0 Å². The van der Waals surface area contributed by atoms with Gasteiger partial charge < -0.3 is 15.3 Å². The predicted octanol–water partition coefficient (Wildman–Crippen LogP) is 2.36. The largest absolute Gasteiger partial charge is 0.465 e. The topological polar surface area (TPSA) is 112 Å². The van der Waals surface area contributed by atoms with E-state index in [0.29, 0.717) is 25.9 Å². The van der Waals surface area contributed by atoms with Gasteiger partial charge in [-0.25, -0.2) is 4.79 Å². The van der Waals surface area contributed by atoms with E-state index in [0.717, 1.165) is 24.2 Å². The van der Waals surface area contributed by atoms with Gasteiger partial charge in [0.25, 0.3) is 0 Å². The lowest BCUT2D eigenvalue weighted by atomic mass is 9.59. The van der Waals surface area contributed by atoms with Crippen molar-refractivity contribution in [2.45, 2.75) is 57.9 Å². The van der Waals surface area contributed by atoms with E-state index in [9.17, 15) is 19.5 Å². The van der Waals surface area contributed by atoms with E-state index in [2.05, 4.69) is 36.4 Å². The number of likely N-dealkylation sites (tertiary alicyclic amines) is 1. The summed E-state index contributed by atoms with van der Waals surface area (Å²) < 4.78 is 0. The van der Waals surface area contributed by atoms with E-state index in [1.807, 2.05) is 12.1 Å². The molecule has 1 aromatic rings. The van der Waals surface area contributed by atoms with Gasteiger partial charge in [0.1, 0.15) is 6.04 Å². The first-order chi connectivity index (χ1) is 13.1. The zero-order valence-electron chi connectivity index (χ0n) is 16.6. The third kappa shape index (κ3) is 3.81. The Labute approximate surface area is 164 Å². The number of hydrogen-bond donors (Lipinski definition) is 3. The fourth-order valence-corrected chi connectivity index (χ4v) is 4.26. The Balaban J connectivity index is 1.77. The number of hydrogen-bond acceptors (Lipinski definition) is 5. The number of aromatic nitrogens is 1. The second-order valence-electron chi connectivity index (χ2n) is 8.68. The van der Waals surface area contributed by atoms with Gasteiger partial charge in [0.05, 0.1) is 11.9 Å². The summed E-state index contributed by atoms with van der Waals surface area (Å²) in [5, 5.41) is 14.7. The van der Waals surface area contributed by atoms with Crippen molar-refractivity contribution in [1.82, 2.24) is 15.2 Å². The summed E-state index contributed by atoms with van der Waals surface area (Å²) in [4.78, 5) is 40.6. The molecule has 3 amide bonds. The van der Waals surface area contributed by atoms with Crippen LogP contribution in [-0.2, 0) is 15.0 Å². The highest BCUT2D eigenvalue weighted by molar-refractivity contribution is 6.01. The highest BCUT2D eigenvalue weighted by atomic mass is 16.4. The third-order valence-corrected chi connectivity index (χ3v) is 6.16. The molecule has 28 heavy (non-hydrogen) atoms. The number of nitrogens with one attached hydrogen (secondary N) is 2. The molecule has 2 saturated heterocycles. The van der Waals surface area contributed by atoms with E-state index in [1.165, 1.54) is 4.90 Å². The minimum Gasteiger partial charge on any atom is -0.465 e. The molecular weight excluding hydrogens is 360 g/mol. The van der Waals surface area contributed by atoms with Crippen LogP contribution in [0.4, 0.5) is 10.5 Å². The Morgan fingerprint density at radius 3 is 2.46 bits per heavy atom. The van der Waals surface area contributed by atoms with Crippen molar-refractivity contribution in [3.05, 3.63) is 24.0 Å². The van der Waals surface area contributed by atoms with Crippen LogP contribution < -0.4 is 10.6 Å². The number of carboxylic acid groups (broad SMARTS) is 1. The van der Waals surface area contributed by atoms with Crippen molar-refractivity contribution in [2.75, 3.05) is 18.4 Å². The molecule has 2 aliphatic rings. The maximum absolute atomic E-state index is 11.9. The molecule has 3 rings (SSSR count). The summed E-state index contributed by atoms with van der Waals surface area (Å²) >= 11 is 0. The highest BCUT2D eigenvalue weighted by Crippen LogP contribution is 2.48. The maximum Gasteiger partial charge on any atom is 0.407 e. The number of carbonyl (C=O) groups excluding carboxylic acids is 2. The number of rotatable bonds is 3. The molecule has 3 N–H and O–H groups in total. The zero-order valence-corrected chi connectivity index (χ0v) is 16.6. The molecule has 0 bridgehead atoms. The summed E-state index contributed by atoms with van der Waals surface area (Å²) in [7, 11) is 0. The van der Waals surface area contributed by atoms with Crippen molar-refractivity contribution in [3.8, 4) is 0 Å². The first kappa shape index (κ1) is 20.1. The molecule has 2 fully saturated rings. The number of amides is 3. The Kier molecular flexibility index (Phi) is 5.32. The number of pyridine rings is 1. The molecule has 0 saturated carbocycles. The summed E-state index contributed by atoms with van der Waals surface area (Å²) in [6.45, 7) is 7.48. The third-order valence-electron chi connectivity index (χ3n) is 6.16. The number of piperidine rings is 2. The van der Waals surface area contributed by atoms with Crippen molar-refractivity contribution in [2.24, 2.45) is 5.41 Å². The van der Waals surface area contributed by atoms with Gasteiger partial charge in [0.2, 0.25) is 11.8 Å². The SMILES string of the molecule is CC(C)(C)C1(c2ccc(NC3CCC(=O)NC3=O)cn2)CCN(C(=O)O)CC1. The summed E-state index contributed by atoms with van der Waals surface area (Å²) in [5.41, 5.74) is 1.37. The molecule has 3 heterocycles. The van der Waals surface area contributed by atoms with Crippen LogP contribution in [0.25, 0.3) is 0 Å². The molecule has 1 unspecified atom stereocenters. The van der Waals surface area contributed by atoms with Crippen molar-refractivity contribution < 1.29 is 19.5 Å². The molecule has 8 heteroatoms. The number of carbonyl (C=O) groups is 3. The molecule has 8 nitrogen and oxygen atoms in total. The minimum absolute atomic E-state index is 0.0802. The van der Waals surface area contributed by atoms with E-state index >= 15 is 0 Å². The molecule has 0 radical (unpaired) electrons. The molecular formula is C20H28N4O4. The normalized spacial score (nSPS) is 22.5. The average molecular weight is 388 g/mol. The second kappa shape index (κ2) is 7.41.